The van der Waals surface area contributed by atoms with Crippen molar-refractivity contribution in [2.75, 3.05) is 25.0 Å². The van der Waals surface area contributed by atoms with Gasteiger partial charge in [0.1, 0.15) is 6.04 Å². The smallest absolute Gasteiger partial charge is 0.323 e. The summed E-state index contributed by atoms with van der Waals surface area (Å²) in [6, 6.07) is -0.293. The first kappa shape index (κ1) is 14.9. The number of likely N-dealkylation sites (tertiary alicyclic amines) is 1. The second kappa shape index (κ2) is 6.81. The van der Waals surface area contributed by atoms with Gasteiger partial charge in [0, 0.05) is 5.38 Å². The highest BCUT2D eigenvalue weighted by Crippen LogP contribution is 2.19. The lowest BCUT2D eigenvalue weighted by Gasteiger charge is -2.21. The maximum atomic E-state index is 12.0. The van der Waals surface area contributed by atoms with Crippen molar-refractivity contribution in [3.05, 3.63) is 11.1 Å². The highest BCUT2D eigenvalue weighted by molar-refractivity contribution is 7.13. The van der Waals surface area contributed by atoms with Gasteiger partial charge in [0.25, 0.3) is 0 Å². The van der Waals surface area contributed by atoms with Crippen LogP contribution < -0.4 is 5.32 Å². The highest BCUT2D eigenvalue weighted by Gasteiger charge is 2.32. The average molecular weight is 297 g/mol. The molecule has 1 aromatic heterocycles. The van der Waals surface area contributed by atoms with E-state index < -0.39 is 0 Å². The van der Waals surface area contributed by atoms with Crippen molar-refractivity contribution >= 4 is 28.3 Å². The molecule has 2 heterocycles. The average Bonchev–Trinajstić information content (AvgIpc) is 2.99. The van der Waals surface area contributed by atoms with Gasteiger partial charge in [-0.05, 0) is 33.2 Å². The molecule has 1 saturated heterocycles. The number of esters is 1. The molecule has 0 saturated carbocycles. The van der Waals surface area contributed by atoms with Crippen molar-refractivity contribution in [2.24, 2.45) is 0 Å². The number of anilines is 1. The zero-order valence-electron chi connectivity index (χ0n) is 11.7. The summed E-state index contributed by atoms with van der Waals surface area (Å²) in [5.41, 5.74) is 0.885. The Labute approximate surface area is 122 Å². The topological polar surface area (TPSA) is 71.5 Å². The van der Waals surface area contributed by atoms with Crippen LogP contribution in [0.2, 0.25) is 0 Å². The summed E-state index contributed by atoms with van der Waals surface area (Å²) in [6.07, 6.45) is 1.66. The maximum Gasteiger partial charge on any atom is 0.323 e. The van der Waals surface area contributed by atoms with E-state index in [1.807, 2.05) is 17.2 Å². The SMILES string of the molecule is CCOC(=O)C1CCCN1CC(=O)Nc1nc(C)cs1. The van der Waals surface area contributed by atoms with E-state index >= 15 is 0 Å². The molecule has 1 atom stereocenters. The van der Waals surface area contributed by atoms with E-state index in [0.717, 1.165) is 25.1 Å². The molecule has 1 aliphatic rings. The molecule has 0 bridgehead atoms. The molecular formula is C13H19N3O3S. The molecule has 0 aliphatic carbocycles. The van der Waals surface area contributed by atoms with Gasteiger partial charge >= 0.3 is 5.97 Å². The van der Waals surface area contributed by atoms with Crippen molar-refractivity contribution in [1.82, 2.24) is 9.88 Å². The van der Waals surface area contributed by atoms with Crippen molar-refractivity contribution < 1.29 is 14.3 Å². The molecule has 1 aliphatic heterocycles. The molecule has 7 heteroatoms. The number of hydrogen-bond donors (Lipinski definition) is 1. The molecular weight excluding hydrogens is 278 g/mol. The third-order valence-electron chi connectivity index (χ3n) is 3.13. The minimum Gasteiger partial charge on any atom is -0.465 e. The lowest BCUT2D eigenvalue weighted by atomic mass is 10.2. The minimum absolute atomic E-state index is 0.143. The van der Waals surface area contributed by atoms with Gasteiger partial charge in [-0.2, -0.15) is 0 Å². The number of carbonyl (C=O) groups is 2. The number of rotatable bonds is 5. The zero-order chi connectivity index (χ0) is 14.5. The number of amides is 1. The summed E-state index contributed by atoms with van der Waals surface area (Å²) in [5.74, 6) is -0.376. The summed E-state index contributed by atoms with van der Waals surface area (Å²) < 4.78 is 5.04. The van der Waals surface area contributed by atoms with E-state index in [4.69, 9.17) is 4.74 Å². The van der Waals surface area contributed by atoms with Gasteiger partial charge in [0.2, 0.25) is 5.91 Å². The Kier molecular flexibility index (Phi) is 5.08. The molecule has 0 radical (unpaired) electrons. The summed E-state index contributed by atoms with van der Waals surface area (Å²) in [4.78, 5) is 29.8. The highest BCUT2D eigenvalue weighted by atomic mass is 32.1. The number of aromatic nitrogens is 1. The van der Waals surface area contributed by atoms with E-state index in [9.17, 15) is 9.59 Å². The number of thiazole rings is 1. The minimum atomic E-state index is -0.293. The van der Waals surface area contributed by atoms with E-state index in [-0.39, 0.29) is 24.5 Å². The van der Waals surface area contributed by atoms with Crippen LogP contribution in [0, 0.1) is 6.92 Å². The van der Waals surface area contributed by atoms with Crippen molar-refractivity contribution in [2.45, 2.75) is 32.7 Å². The van der Waals surface area contributed by atoms with Gasteiger partial charge in [-0.3, -0.25) is 14.5 Å². The Bertz CT molecular complexity index is 489. The Morgan fingerprint density at radius 1 is 1.60 bits per heavy atom. The van der Waals surface area contributed by atoms with Crippen LogP contribution >= 0.6 is 11.3 Å². The fraction of sp³-hybridized carbons (Fsp3) is 0.615. The van der Waals surface area contributed by atoms with Crippen LogP contribution in [0.25, 0.3) is 0 Å². The number of ether oxygens (including phenoxy) is 1. The maximum absolute atomic E-state index is 12.0. The number of nitrogens with zero attached hydrogens (tertiary/aromatic N) is 2. The summed E-state index contributed by atoms with van der Waals surface area (Å²) in [5, 5.41) is 5.23. The Morgan fingerprint density at radius 2 is 2.40 bits per heavy atom. The molecule has 1 unspecified atom stereocenters. The van der Waals surface area contributed by atoms with Crippen molar-refractivity contribution in [1.29, 1.82) is 0 Å². The Balaban J connectivity index is 1.88. The molecule has 6 nitrogen and oxygen atoms in total. The Hall–Kier alpha value is -1.47. The first-order valence-electron chi connectivity index (χ1n) is 6.73. The van der Waals surface area contributed by atoms with Crippen LogP contribution in [0.3, 0.4) is 0 Å². The quantitative estimate of drug-likeness (QED) is 0.832. The molecule has 1 N–H and O–H groups in total. The van der Waals surface area contributed by atoms with Crippen LogP contribution in [-0.4, -0.2) is 47.5 Å². The van der Waals surface area contributed by atoms with E-state index in [0.29, 0.717) is 11.7 Å². The largest absolute Gasteiger partial charge is 0.465 e. The second-order valence-corrected chi connectivity index (χ2v) is 5.58. The van der Waals surface area contributed by atoms with Crippen LogP contribution in [0.5, 0.6) is 0 Å². The molecule has 1 fully saturated rings. The van der Waals surface area contributed by atoms with E-state index in [2.05, 4.69) is 10.3 Å². The number of nitrogens with one attached hydrogen (secondary N) is 1. The molecule has 0 spiro atoms. The molecule has 110 valence electrons. The standard InChI is InChI=1S/C13H19N3O3S/c1-3-19-12(18)10-5-4-6-16(10)7-11(17)15-13-14-9(2)8-20-13/h8,10H,3-7H2,1-2H3,(H,14,15,17). The van der Waals surface area contributed by atoms with Crippen molar-refractivity contribution in [3.63, 3.8) is 0 Å². The third kappa shape index (κ3) is 3.77. The normalized spacial score (nSPS) is 19.0. The summed E-state index contributed by atoms with van der Waals surface area (Å²) in [7, 11) is 0. The second-order valence-electron chi connectivity index (χ2n) is 4.72. The van der Waals surface area contributed by atoms with Crippen LogP contribution in [-0.2, 0) is 14.3 Å². The molecule has 20 heavy (non-hydrogen) atoms. The predicted octanol–water partition coefficient (Wildman–Crippen LogP) is 1.42. The fourth-order valence-electron chi connectivity index (χ4n) is 2.28. The van der Waals surface area contributed by atoms with Gasteiger partial charge in [0.05, 0.1) is 18.8 Å². The monoisotopic (exact) mass is 297 g/mol. The van der Waals surface area contributed by atoms with Crippen LogP contribution in [0.1, 0.15) is 25.5 Å². The van der Waals surface area contributed by atoms with Crippen molar-refractivity contribution in [3.8, 4) is 0 Å². The van der Waals surface area contributed by atoms with Gasteiger partial charge in [-0.25, -0.2) is 4.98 Å². The zero-order valence-corrected chi connectivity index (χ0v) is 12.5. The lowest BCUT2D eigenvalue weighted by molar-refractivity contribution is -0.148. The summed E-state index contributed by atoms with van der Waals surface area (Å²) >= 11 is 1.40. The lowest BCUT2D eigenvalue weighted by Crippen LogP contribution is -2.41. The van der Waals surface area contributed by atoms with Gasteiger partial charge in [-0.1, -0.05) is 0 Å². The molecule has 1 amide bonds. The fourth-order valence-corrected chi connectivity index (χ4v) is 2.98. The summed E-state index contributed by atoms with van der Waals surface area (Å²) in [6.45, 7) is 4.97. The number of carbonyl (C=O) groups excluding carboxylic acids is 2. The molecule has 2 rings (SSSR count). The van der Waals surface area contributed by atoms with Gasteiger partial charge in [0.15, 0.2) is 5.13 Å². The predicted molar refractivity (Wildman–Crippen MR) is 76.7 cm³/mol. The Morgan fingerprint density at radius 3 is 3.05 bits per heavy atom. The first-order valence-corrected chi connectivity index (χ1v) is 7.60. The third-order valence-corrected chi connectivity index (χ3v) is 4.01. The van der Waals surface area contributed by atoms with Gasteiger partial charge in [-0.15, -0.1) is 11.3 Å². The van der Waals surface area contributed by atoms with Gasteiger partial charge < -0.3 is 10.1 Å². The van der Waals surface area contributed by atoms with E-state index in [1.165, 1.54) is 11.3 Å². The number of aryl methyl sites for hydroxylation is 1. The molecule has 1 aromatic rings. The first-order chi connectivity index (χ1) is 9.60. The van der Waals surface area contributed by atoms with E-state index in [1.54, 1.807) is 6.92 Å². The number of hydrogen-bond acceptors (Lipinski definition) is 6. The van der Waals surface area contributed by atoms with Crippen LogP contribution in [0.15, 0.2) is 5.38 Å². The molecule has 0 aromatic carbocycles. The van der Waals surface area contributed by atoms with Crippen LogP contribution in [0.4, 0.5) is 5.13 Å².